The zero-order chi connectivity index (χ0) is 12.8. The molecule has 0 aliphatic carbocycles. The maximum Gasteiger partial charge on any atom is 0.244 e. The molecule has 1 saturated heterocycles. The SMILES string of the molecule is CCOc1ccccc1C=CC(=O)NC1COC1. The number of carbonyl (C=O) groups excluding carboxylic acids is 1. The van der Waals surface area contributed by atoms with E-state index in [1.807, 2.05) is 31.2 Å². The second-order valence-electron chi connectivity index (χ2n) is 4.05. The van der Waals surface area contributed by atoms with E-state index in [1.54, 1.807) is 6.08 Å². The van der Waals surface area contributed by atoms with Crippen LogP contribution in [0.1, 0.15) is 12.5 Å². The Morgan fingerprint density at radius 3 is 2.94 bits per heavy atom. The Morgan fingerprint density at radius 2 is 2.28 bits per heavy atom. The van der Waals surface area contributed by atoms with E-state index in [2.05, 4.69) is 5.32 Å². The monoisotopic (exact) mass is 247 g/mol. The molecule has 0 atom stereocenters. The molecule has 1 aliphatic rings. The lowest BCUT2D eigenvalue weighted by Crippen LogP contribution is -2.48. The van der Waals surface area contributed by atoms with Crippen molar-refractivity contribution in [3.8, 4) is 5.75 Å². The van der Waals surface area contributed by atoms with Crippen LogP contribution in [-0.2, 0) is 9.53 Å². The van der Waals surface area contributed by atoms with Crippen molar-refractivity contribution in [1.29, 1.82) is 0 Å². The molecule has 0 aromatic heterocycles. The molecule has 0 bridgehead atoms. The summed E-state index contributed by atoms with van der Waals surface area (Å²) in [6.45, 7) is 3.75. The predicted molar refractivity (Wildman–Crippen MR) is 69.4 cm³/mol. The van der Waals surface area contributed by atoms with Crippen molar-refractivity contribution < 1.29 is 14.3 Å². The van der Waals surface area contributed by atoms with E-state index in [0.29, 0.717) is 19.8 Å². The molecule has 0 unspecified atom stereocenters. The standard InChI is InChI=1S/C14H17NO3/c1-2-18-13-6-4-3-5-11(13)7-8-14(16)15-12-9-17-10-12/h3-8,12H,2,9-10H2,1H3,(H,15,16). The number of rotatable bonds is 5. The summed E-state index contributed by atoms with van der Waals surface area (Å²) in [5, 5.41) is 2.85. The first kappa shape index (κ1) is 12.6. The van der Waals surface area contributed by atoms with Crippen LogP contribution in [0.15, 0.2) is 30.3 Å². The maximum absolute atomic E-state index is 11.6. The van der Waals surface area contributed by atoms with Gasteiger partial charge in [-0.3, -0.25) is 4.79 Å². The zero-order valence-electron chi connectivity index (χ0n) is 10.4. The van der Waals surface area contributed by atoms with E-state index in [9.17, 15) is 4.79 Å². The fourth-order valence-corrected chi connectivity index (χ4v) is 1.64. The molecule has 96 valence electrons. The number of carbonyl (C=O) groups is 1. The van der Waals surface area contributed by atoms with Gasteiger partial charge < -0.3 is 14.8 Å². The first-order valence-electron chi connectivity index (χ1n) is 6.07. The third kappa shape index (κ3) is 3.34. The van der Waals surface area contributed by atoms with Gasteiger partial charge in [0.15, 0.2) is 0 Å². The number of ether oxygens (including phenoxy) is 2. The molecular weight excluding hydrogens is 230 g/mol. The highest BCUT2D eigenvalue weighted by atomic mass is 16.5. The number of hydrogen-bond acceptors (Lipinski definition) is 3. The fourth-order valence-electron chi connectivity index (χ4n) is 1.64. The highest BCUT2D eigenvalue weighted by molar-refractivity contribution is 5.92. The molecule has 0 radical (unpaired) electrons. The van der Waals surface area contributed by atoms with E-state index in [0.717, 1.165) is 11.3 Å². The highest BCUT2D eigenvalue weighted by Gasteiger charge is 2.18. The van der Waals surface area contributed by atoms with Gasteiger partial charge in [-0.2, -0.15) is 0 Å². The van der Waals surface area contributed by atoms with Crippen LogP contribution < -0.4 is 10.1 Å². The summed E-state index contributed by atoms with van der Waals surface area (Å²) < 4.78 is 10.5. The summed E-state index contributed by atoms with van der Waals surface area (Å²) >= 11 is 0. The molecule has 1 fully saturated rings. The van der Waals surface area contributed by atoms with Crippen LogP contribution in [0.2, 0.25) is 0 Å². The molecule has 0 spiro atoms. The van der Waals surface area contributed by atoms with Crippen LogP contribution in [0, 0.1) is 0 Å². The highest BCUT2D eigenvalue weighted by Crippen LogP contribution is 2.19. The Labute approximate surface area is 107 Å². The third-order valence-corrected chi connectivity index (χ3v) is 2.62. The van der Waals surface area contributed by atoms with E-state index in [-0.39, 0.29) is 11.9 Å². The first-order chi connectivity index (χ1) is 8.79. The lowest BCUT2D eigenvalue weighted by Gasteiger charge is -2.26. The quantitative estimate of drug-likeness (QED) is 0.804. The molecule has 2 rings (SSSR count). The van der Waals surface area contributed by atoms with Crippen LogP contribution >= 0.6 is 0 Å². The number of amides is 1. The van der Waals surface area contributed by atoms with Gasteiger partial charge in [0.2, 0.25) is 5.91 Å². The molecule has 0 saturated carbocycles. The van der Waals surface area contributed by atoms with Crippen molar-refractivity contribution >= 4 is 12.0 Å². The second-order valence-corrected chi connectivity index (χ2v) is 4.05. The Balaban J connectivity index is 1.96. The molecule has 1 aromatic rings. The Morgan fingerprint density at radius 1 is 1.50 bits per heavy atom. The van der Waals surface area contributed by atoms with Gasteiger partial charge in [-0.1, -0.05) is 18.2 Å². The van der Waals surface area contributed by atoms with Gasteiger partial charge in [-0.05, 0) is 19.1 Å². The zero-order valence-corrected chi connectivity index (χ0v) is 10.4. The van der Waals surface area contributed by atoms with Gasteiger partial charge in [-0.15, -0.1) is 0 Å². The van der Waals surface area contributed by atoms with Crippen molar-refractivity contribution in [2.75, 3.05) is 19.8 Å². The van der Waals surface area contributed by atoms with Crippen LogP contribution in [0.5, 0.6) is 5.75 Å². The summed E-state index contributed by atoms with van der Waals surface area (Å²) in [6.07, 6.45) is 3.29. The Kier molecular flexibility index (Phi) is 4.36. The second kappa shape index (κ2) is 6.21. The van der Waals surface area contributed by atoms with Gasteiger partial charge in [0, 0.05) is 11.6 Å². The number of benzene rings is 1. The summed E-state index contributed by atoms with van der Waals surface area (Å²) in [7, 11) is 0. The summed E-state index contributed by atoms with van der Waals surface area (Å²) in [4.78, 5) is 11.6. The van der Waals surface area contributed by atoms with Gasteiger partial charge in [0.25, 0.3) is 0 Å². The summed E-state index contributed by atoms with van der Waals surface area (Å²) in [5.41, 5.74) is 0.902. The topological polar surface area (TPSA) is 47.6 Å². The molecule has 4 heteroatoms. The minimum atomic E-state index is -0.102. The van der Waals surface area contributed by atoms with Gasteiger partial charge in [-0.25, -0.2) is 0 Å². The molecule has 1 aromatic carbocycles. The molecule has 18 heavy (non-hydrogen) atoms. The smallest absolute Gasteiger partial charge is 0.244 e. The Bertz CT molecular complexity index is 438. The average molecular weight is 247 g/mol. The van der Waals surface area contributed by atoms with E-state index < -0.39 is 0 Å². The van der Waals surface area contributed by atoms with Crippen LogP contribution in [0.25, 0.3) is 6.08 Å². The maximum atomic E-state index is 11.6. The minimum Gasteiger partial charge on any atom is -0.493 e. The first-order valence-corrected chi connectivity index (χ1v) is 6.07. The summed E-state index contributed by atoms with van der Waals surface area (Å²) in [6, 6.07) is 7.79. The van der Waals surface area contributed by atoms with Crippen LogP contribution in [0.4, 0.5) is 0 Å². The van der Waals surface area contributed by atoms with E-state index in [1.165, 1.54) is 6.08 Å². The lowest BCUT2D eigenvalue weighted by atomic mass is 10.2. The minimum absolute atomic E-state index is 0.102. The molecule has 1 amide bonds. The third-order valence-electron chi connectivity index (χ3n) is 2.62. The van der Waals surface area contributed by atoms with Crippen LogP contribution in [0.3, 0.4) is 0 Å². The van der Waals surface area contributed by atoms with Gasteiger partial charge in [0.1, 0.15) is 5.75 Å². The lowest BCUT2D eigenvalue weighted by molar-refractivity contribution is -0.120. The summed E-state index contributed by atoms with van der Waals surface area (Å²) in [5.74, 6) is 0.686. The number of nitrogens with one attached hydrogen (secondary N) is 1. The largest absolute Gasteiger partial charge is 0.493 e. The molecule has 1 heterocycles. The Hall–Kier alpha value is -1.81. The van der Waals surface area contributed by atoms with E-state index in [4.69, 9.17) is 9.47 Å². The van der Waals surface area contributed by atoms with Gasteiger partial charge in [0.05, 0.1) is 25.9 Å². The predicted octanol–water partition coefficient (Wildman–Crippen LogP) is 1.61. The van der Waals surface area contributed by atoms with Crippen molar-refractivity contribution in [3.05, 3.63) is 35.9 Å². The van der Waals surface area contributed by atoms with Crippen molar-refractivity contribution in [1.82, 2.24) is 5.32 Å². The van der Waals surface area contributed by atoms with Crippen molar-refractivity contribution in [3.63, 3.8) is 0 Å². The van der Waals surface area contributed by atoms with Gasteiger partial charge >= 0.3 is 0 Å². The van der Waals surface area contributed by atoms with Crippen molar-refractivity contribution in [2.45, 2.75) is 13.0 Å². The molecule has 1 N–H and O–H groups in total. The fraction of sp³-hybridized carbons (Fsp3) is 0.357. The van der Waals surface area contributed by atoms with Crippen LogP contribution in [-0.4, -0.2) is 31.8 Å². The normalized spacial score (nSPS) is 15.4. The molecule has 4 nitrogen and oxygen atoms in total. The van der Waals surface area contributed by atoms with E-state index >= 15 is 0 Å². The number of para-hydroxylation sites is 1. The molecular formula is C14H17NO3. The molecule has 1 aliphatic heterocycles. The van der Waals surface area contributed by atoms with Crippen molar-refractivity contribution in [2.24, 2.45) is 0 Å². The average Bonchev–Trinajstić information content (AvgIpc) is 2.33. The number of hydrogen-bond donors (Lipinski definition) is 1.